The molecule has 1 aliphatic rings. The van der Waals surface area contributed by atoms with Gasteiger partial charge in [0.15, 0.2) is 0 Å². The lowest BCUT2D eigenvalue weighted by Crippen LogP contribution is -2.32. The molecule has 0 amide bonds. The van der Waals surface area contributed by atoms with Crippen LogP contribution in [0.2, 0.25) is 0 Å². The molecule has 2 heterocycles. The van der Waals surface area contributed by atoms with Crippen LogP contribution in [-0.2, 0) is 6.54 Å². The van der Waals surface area contributed by atoms with Gasteiger partial charge in [-0.15, -0.1) is 0 Å². The van der Waals surface area contributed by atoms with Crippen LogP contribution in [0.1, 0.15) is 33.1 Å². The Bertz CT molecular complexity index is 743. The average Bonchev–Trinajstić information content (AvgIpc) is 2.71. The second kappa shape index (κ2) is 8.99. The molecule has 1 saturated heterocycles. The van der Waals surface area contributed by atoms with Gasteiger partial charge < -0.3 is 9.80 Å². The molecule has 1 aromatic heterocycles. The molecule has 0 N–H and O–H groups in total. The van der Waals surface area contributed by atoms with Crippen LogP contribution < -0.4 is 10.5 Å². The first-order chi connectivity index (χ1) is 12.7. The molecule has 26 heavy (non-hydrogen) atoms. The molecule has 1 aromatic carbocycles. The van der Waals surface area contributed by atoms with Gasteiger partial charge in [-0.2, -0.15) is 5.10 Å². The SMILES string of the molecule is CCN(CC)CCn1nc(-c2ccc(N3CCCCC3)cc2)ccc1=O. The molecule has 5 nitrogen and oxygen atoms in total. The van der Waals surface area contributed by atoms with Gasteiger partial charge in [-0.05, 0) is 50.6 Å². The van der Waals surface area contributed by atoms with Crippen LogP contribution >= 0.6 is 0 Å². The van der Waals surface area contributed by atoms with E-state index in [1.54, 1.807) is 10.7 Å². The summed E-state index contributed by atoms with van der Waals surface area (Å²) >= 11 is 0. The first-order valence-corrected chi connectivity index (χ1v) is 9.87. The summed E-state index contributed by atoms with van der Waals surface area (Å²) in [7, 11) is 0. The van der Waals surface area contributed by atoms with E-state index < -0.39 is 0 Å². The van der Waals surface area contributed by atoms with Gasteiger partial charge in [0.05, 0.1) is 12.2 Å². The number of hydrogen-bond acceptors (Lipinski definition) is 4. The van der Waals surface area contributed by atoms with Crippen LogP contribution in [0.5, 0.6) is 0 Å². The average molecular weight is 354 g/mol. The fourth-order valence-corrected chi connectivity index (χ4v) is 3.53. The molecule has 5 heteroatoms. The number of benzene rings is 1. The minimum absolute atomic E-state index is 0.0363. The van der Waals surface area contributed by atoms with Gasteiger partial charge in [-0.3, -0.25) is 4.79 Å². The van der Waals surface area contributed by atoms with Crippen molar-refractivity contribution in [1.82, 2.24) is 14.7 Å². The lowest BCUT2D eigenvalue weighted by Gasteiger charge is -2.28. The number of likely N-dealkylation sites (N-methyl/N-ethyl adjacent to an activating group) is 1. The summed E-state index contributed by atoms with van der Waals surface area (Å²) in [6.07, 6.45) is 3.90. The van der Waals surface area contributed by atoms with Crippen LogP contribution in [0.25, 0.3) is 11.3 Å². The normalized spacial score (nSPS) is 14.8. The van der Waals surface area contributed by atoms with E-state index in [9.17, 15) is 4.79 Å². The Morgan fingerprint density at radius 3 is 2.31 bits per heavy atom. The van der Waals surface area contributed by atoms with E-state index in [1.807, 2.05) is 6.07 Å². The number of hydrogen-bond donors (Lipinski definition) is 0. The van der Waals surface area contributed by atoms with Gasteiger partial charge in [-0.1, -0.05) is 26.0 Å². The summed E-state index contributed by atoms with van der Waals surface area (Å²) in [5, 5.41) is 4.59. The molecule has 0 spiro atoms. The predicted molar refractivity (Wildman–Crippen MR) is 108 cm³/mol. The topological polar surface area (TPSA) is 41.4 Å². The van der Waals surface area contributed by atoms with Gasteiger partial charge >= 0.3 is 0 Å². The van der Waals surface area contributed by atoms with Gasteiger partial charge in [0.2, 0.25) is 0 Å². The summed E-state index contributed by atoms with van der Waals surface area (Å²) in [5.74, 6) is 0. The van der Waals surface area contributed by atoms with Crippen molar-refractivity contribution >= 4 is 5.69 Å². The van der Waals surface area contributed by atoms with Crippen molar-refractivity contribution in [2.45, 2.75) is 39.7 Å². The fourth-order valence-electron chi connectivity index (χ4n) is 3.53. The molecule has 3 rings (SSSR count). The molecule has 0 saturated carbocycles. The number of piperidine rings is 1. The largest absolute Gasteiger partial charge is 0.372 e. The molecule has 140 valence electrons. The minimum Gasteiger partial charge on any atom is -0.372 e. The van der Waals surface area contributed by atoms with E-state index in [0.29, 0.717) is 6.54 Å². The maximum atomic E-state index is 12.1. The molecule has 0 radical (unpaired) electrons. The Kier molecular flexibility index (Phi) is 6.45. The van der Waals surface area contributed by atoms with Crippen molar-refractivity contribution in [1.29, 1.82) is 0 Å². The van der Waals surface area contributed by atoms with E-state index in [0.717, 1.165) is 44.0 Å². The number of nitrogens with zero attached hydrogens (tertiary/aromatic N) is 4. The third-order valence-corrected chi connectivity index (χ3v) is 5.27. The molecule has 0 atom stereocenters. The second-order valence-electron chi connectivity index (χ2n) is 6.90. The van der Waals surface area contributed by atoms with E-state index in [4.69, 9.17) is 0 Å². The Morgan fingerprint density at radius 2 is 1.65 bits per heavy atom. The Balaban J connectivity index is 1.74. The standard InChI is InChI=1S/C21H30N4O/c1-3-23(4-2)16-17-25-21(26)13-12-20(22-25)18-8-10-19(11-9-18)24-14-6-5-7-15-24/h8-13H,3-7,14-17H2,1-2H3. The molecular weight excluding hydrogens is 324 g/mol. The van der Waals surface area contributed by atoms with Crippen LogP contribution in [0, 0.1) is 0 Å². The highest BCUT2D eigenvalue weighted by molar-refractivity contribution is 5.62. The molecule has 0 unspecified atom stereocenters. The molecule has 0 bridgehead atoms. The highest BCUT2D eigenvalue weighted by atomic mass is 16.1. The zero-order valence-electron chi connectivity index (χ0n) is 16.0. The summed E-state index contributed by atoms with van der Waals surface area (Å²) in [6.45, 7) is 10.0. The molecule has 1 aliphatic heterocycles. The zero-order chi connectivity index (χ0) is 18.4. The second-order valence-corrected chi connectivity index (χ2v) is 6.90. The van der Waals surface area contributed by atoms with Gasteiger partial charge in [0, 0.05) is 37.0 Å². The highest BCUT2D eigenvalue weighted by Crippen LogP contribution is 2.23. The highest BCUT2D eigenvalue weighted by Gasteiger charge is 2.11. The van der Waals surface area contributed by atoms with Crippen LogP contribution in [-0.4, -0.2) is 47.4 Å². The van der Waals surface area contributed by atoms with Gasteiger partial charge in [-0.25, -0.2) is 4.68 Å². The third kappa shape index (κ3) is 4.52. The first-order valence-electron chi connectivity index (χ1n) is 9.87. The Labute approximate surface area is 156 Å². The summed E-state index contributed by atoms with van der Waals surface area (Å²) in [6, 6.07) is 12.0. The van der Waals surface area contributed by atoms with Crippen LogP contribution in [0.4, 0.5) is 5.69 Å². The maximum absolute atomic E-state index is 12.1. The van der Waals surface area contributed by atoms with Crippen LogP contribution in [0.3, 0.4) is 0 Å². The smallest absolute Gasteiger partial charge is 0.266 e. The van der Waals surface area contributed by atoms with E-state index in [1.165, 1.54) is 24.9 Å². The Hall–Kier alpha value is -2.14. The van der Waals surface area contributed by atoms with E-state index in [2.05, 4.69) is 53.0 Å². The van der Waals surface area contributed by atoms with Crippen molar-refractivity contribution in [2.24, 2.45) is 0 Å². The van der Waals surface area contributed by atoms with Gasteiger partial charge in [0.25, 0.3) is 5.56 Å². The fraction of sp³-hybridized carbons (Fsp3) is 0.524. The Morgan fingerprint density at radius 1 is 0.962 bits per heavy atom. The molecular formula is C21H30N4O. The predicted octanol–water partition coefficient (Wildman–Crippen LogP) is 3.24. The number of anilines is 1. The summed E-state index contributed by atoms with van der Waals surface area (Å²) in [4.78, 5) is 16.9. The van der Waals surface area contributed by atoms with Crippen molar-refractivity contribution in [3.63, 3.8) is 0 Å². The van der Waals surface area contributed by atoms with Crippen molar-refractivity contribution < 1.29 is 0 Å². The molecule has 0 aliphatic carbocycles. The lowest BCUT2D eigenvalue weighted by atomic mass is 10.1. The lowest BCUT2D eigenvalue weighted by molar-refractivity contribution is 0.283. The van der Waals surface area contributed by atoms with Crippen molar-refractivity contribution in [3.05, 3.63) is 46.8 Å². The third-order valence-electron chi connectivity index (χ3n) is 5.27. The minimum atomic E-state index is -0.0363. The number of rotatable bonds is 7. The number of aromatic nitrogens is 2. The molecule has 1 fully saturated rings. The maximum Gasteiger partial charge on any atom is 0.266 e. The van der Waals surface area contributed by atoms with E-state index in [-0.39, 0.29) is 5.56 Å². The van der Waals surface area contributed by atoms with Crippen molar-refractivity contribution in [3.8, 4) is 11.3 Å². The monoisotopic (exact) mass is 354 g/mol. The summed E-state index contributed by atoms with van der Waals surface area (Å²) in [5.41, 5.74) is 3.16. The molecule has 2 aromatic rings. The van der Waals surface area contributed by atoms with Crippen LogP contribution in [0.15, 0.2) is 41.2 Å². The quantitative estimate of drug-likeness (QED) is 0.765. The van der Waals surface area contributed by atoms with E-state index >= 15 is 0 Å². The zero-order valence-corrected chi connectivity index (χ0v) is 16.0. The van der Waals surface area contributed by atoms with Crippen molar-refractivity contribution in [2.75, 3.05) is 37.6 Å². The summed E-state index contributed by atoms with van der Waals surface area (Å²) < 4.78 is 1.59. The first kappa shape index (κ1) is 18.6. The van der Waals surface area contributed by atoms with Gasteiger partial charge in [0.1, 0.15) is 0 Å².